The first-order valence-electron chi connectivity index (χ1n) is 5.93. The molecular weight excluding hydrogens is 262 g/mol. The summed E-state index contributed by atoms with van der Waals surface area (Å²) >= 11 is 1.37. The number of nitriles is 1. The number of nitrogens with zero attached hydrogens (tertiary/aromatic N) is 4. The van der Waals surface area contributed by atoms with Crippen molar-refractivity contribution in [2.24, 2.45) is 0 Å². The minimum Gasteiger partial charge on any atom is -0.378 e. The largest absolute Gasteiger partial charge is 0.378 e. The van der Waals surface area contributed by atoms with Crippen molar-refractivity contribution in [3.05, 3.63) is 35.9 Å². The third-order valence-corrected chi connectivity index (χ3v) is 3.60. The third kappa shape index (κ3) is 2.45. The molecule has 0 saturated carbocycles. The third-order valence-electron chi connectivity index (χ3n) is 2.87. The molecule has 2 aliphatic heterocycles. The molecule has 3 heterocycles. The second kappa shape index (κ2) is 5.38. The minimum atomic E-state index is 0.535. The summed E-state index contributed by atoms with van der Waals surface area (Å²) in [6.45, 7) is 3.14. The Hall–Kier alpha value is -1.91. The van der Waals surface area contributed by atoms with Crippen LogP contribution in [0.4, 0.5) is 5.82 Å². The molecule has 19 heavy (non-hydrogen) atoms. The van der Waals surface area contributed by atoms with E-state index >= 15 is 0 Å². The maximum Gasteiger partial charge on any atom is 0.162 e. The van der Waals surface area contributed by atoms with Crippen LogP contribution in [0, 0.1) is 17.5 Å². The van der Waals surface area contributed by atoms with Crippen molar-refractivity contribution in [3.8, 4) is 6.07 Å². The number of nitrogens with one attached hydrogen (secondary N) is 1. The van der Waals surface area contributed by atoms with Crippen molar-refractivity contribution >= 4 is 18.0 Å². The molecular formula is C12H12N5OS. The van der Waals surface area contributed by atoms with Gasteiger partial charge in [0, 0.05) is 19.3 Å². The minimum absolute atomic E-state index is 0.535. The molecule has 1 radical (unpaired) electrons. The van der Waals surface area contributed by atoms with Crippen LogP contribution in [0.3, 0.4) is 0 Å². The van der Waals surface area contributed by atoms with Gasteiger partial charge in [0.2, 0.25) is 0 Å². The van der Waals surface area contributed by atoms with Gasteiger partial charge in [-0.25, -0.2) is 9.29 Å². The van der Waals surface area contributed by atoms with E-state index in [0.717, 1.165) is 32.1 Å². The van der Waals surface area contributed by atoms with Gasteiger partial charge in [-0.3, -0.25) is 4.72 Å². The molecule has 1 saturated heterocycles. The Morgan fingerprint density at radius 3 is 3.11 bits per heavy atom. The van der Waals surface area contributed by atoms with Gasteiger partial charge in [-0.1, -0.05) is 0 Å². The van der Waals surface area contributed by atoms with E-state index < -0.39 is 0 Å². The molecule has 6 nitrogen and oxygen atoms in total. The first kappa shape index (κ1) is 12.1. The van der Waals surface area contributed by atoms with E-state index in [1.807, 2.05) is 0 Å². The summed E-state index contributed by atoms with van der Waals surface area (Å²) in [5.41, 5.74) is 0.535. The van der Waals surface area contributed by atoms with Gasteiger partial charge in [0.25, 0.3) is 0 Å². The van der Waals surface area contributed by atoms with Crippen LogP contribution in [0.15, 0.2) is 24.2 Å². The van der Waals surface area contributed by atoms with Gasteiger partial charge >= 0.3 is 0 Å². The molecule has 2 aliphatic rings. The fourth-order valence-electron chi connectivity index (χ4n) is 1.90. The van der Waals surface area contributed by atoms with Gasteiger partial charge in [-0.05, 0) is 12.1 Å². The molecule has 0 aliphatic carbocycles. The van der Waals surface area contributed by atoms with Gasteiger partial charge in [0.15, 0.2) is 5.82 Å². The molecule has 0 aromatic carbocycles. The van der Waals surface area contributed by atoms with Crippen molar-refractivity contribution in [1.29, 1.82) is 5.26 Å². The molecule has 0 spiro atoms. The lowest BCUT2D eigenvalue weighted by Crippen LogP contribution is -2.37. The number of pyridine rings is 1. The topological polar surface area (TPSA) is 64.4 Å². The van der Waals surface area contributed by atoms with Crippen molar-refractivity contribution in [3.63, 3.8) is 0 Å². The number of ether oxygens (including phenoxy) is 1. The Morgan fingerprint density at radius 2 is 2.32 bits per heavy atom. The molecule has 0 bridgehead atoms. The summed E-state index contributed by atoms with van der Waals surface area (Å²) in [5.74, 6) is 1.51. The maximum atomic E-state index is 9.09. The Bertz CT molecular complexity index is 535. The van der Waals surface area contributed by atoms with E-state index in [0.29, 0.717) is 11.4 Å². The second-order valence-electron chi connectivity index (χ2n) is 4.03. The van der Waals surface area contributed by atoms with E-state index in [1.54, 1.807) is 22.6 Å². The molecule has 1 fully saturated rings. The van der Waals surface area contributed by atoms with Crippen LogP contribution in [-0.4, -0.2) is 36.2 Å². The molecule has 1 aromatic rings. The number of anilines is 1. The Morgan fingerprint density at radius 1 is 1.47 bits per heavy atom. The van der Waals surface area contributed by atoms with Crippen LogP contribution in [0.25, 0.3) is 0 Å². The average Bonchev–Trinajstić information content (AvgIpc) is 2.98. The van der Waals surface area contributed by atoms with Crippen LogP contribution >= 0.6 is 12.1 Å². The predicted molar refractivity (Wildman–Crippen MR) is 71.3 cm³/mol. The van der Waals surface area contributed by atoms with Crippen LogP contribution in [0.1, 0.15) is 5.56 Å². The predicted octanol–water partition coefficient (Wildman–Crippen LogP) is 0.860. The zero-order valence-electron chi connectivity index (χ0n) is 10.2. The highest BCUT2D eigenvalue weighted by atomic mass is 32.2. The molecule has 7 heteroatoms. The van der Waals surface area contributed by atoms with Crippen LogP contribution in [-0.2, 0) is 4.74 Å². The molecule has 1 aromatic heterocycles. The standard InChI is InChI=1S/C12H12N5OS/c13-8-10-2-1-3-14-12(10)17-9-11(15-19-17)16-4-6-18-7-5-16/h1-3,15H,4-7H2. The summed E-state index contributed by atoms with van der Waals surface area (Å²) in [4.78, 5) is 6.41. The summed E-state index contributed by atoms with van der Waals surface area (Å²) in [6.07, 6.45) is 4.88. The van der Waals surface area contributed by atoms with E-state index in [4.69, 9.17) is 10.00 Å². The fraction of sp³-hybridized carbons (Fsp3) is 0.333. The highest BCUT2D eigenvalue weighted by Gasteiger charge is 2.24. The number of hydrogen-bond donors (Lipinski definition) is 1. The highest BCUT2D eigenvalue weighted by Crippen LogP contribution is 2.28. The van der Waals surface area contributed by atoms with Gasteiger partial charge in [-0.15, -0.1) is 0 Å². The average molecular weight is 274 g/mol. The molecule has 97 valence electrons. The monoisotopic (exact) mass is 274 g/mol. The normalized spacial score (nSPS) is 18.8. The van der Waals surface area contributed by atoms with Gasteiger partial charge in [0.05, 0.1) is 30.9 Å². The summed E-state index contributed by atoms with van der Waals surface area (Å²) in [7, 11) is 0. The fourth-order valence-corrected chi connectivity index (χ4v) is 2.61. The number of aromatic nitrogens is 1. The van der Waals surface area contributed by atoms with Crippen molar-refractivity contribution in [2.75, 3.05) is 30.6 Å². The van der Waals surface area contributed by atoms with Crippen molar-refractivity contribution in [2.45, 2.75) is 0 Å². The molecule has 0 amide bonds. The lowest BCUT2D eigenvalue weighted by molar-refractivity contribution is 0.0520. The number of morpholine rings is 1. The van der Waals surface area contributed by atoms with E-state index in [-0.39, 0.29) is 0 Å². The lowest BCUT2D eigenvalue weighted by Gasteiger charge is -2.28. The highest BCUT2D eigenvalue weighted by molar-refractivity contribution is 7.99. The summed E-state index contributed by atoms with van der Waals surface area (Å²) in [5, 5.41) is 9.09. The summed E-state index contributed by atoms with van der Waals surface area (Å²) < 4.78 is 10.3. The van der Waals surface area contributed by atoms with Crippen LogP contribution in [0.5, 0.6) is 0 Å². The zero-order valence-corrected chi connectivity index (χ0v) is 11.0. The number of rotatable bonds is 2. The lowest BCUT2D eigenvalue weighted by atomic mass is 10.3. The molecule has 0 unspecified atom stereocenters. The smallest absolute Gasteiger partial charge is 0.162 e. The summed E-state index contributed by atoms with van der Waals surface area (Å²) in [6, 6.07) is 5.64. The van der Waals surface area contributed by atoms with Crippen LogP contribution in [0.2, 0.25) is 0 Å². The SMILES string of the molecule is N#Cc1cccnc1N1[C]=C(N2CCOCC2)NS1. The Balaban J connectivity index is 1.80. The van der Waals surface area contributed by atoms with Gasteiger partial charge in [-0.2, -0.15) is 5.26 Å². The van der Waals surface area contributed by atoms with Crippen LogP contribution < -0.4 is 9.03 Å². The first-order valence-corrected chi connectivity index (χ1v) is 6.70. The van der Waals surface area contributed by atoms with E-state index in [9.17, 15) is 0 Å². The quantitative estimate of drug-likeness (QED) is 0.802. The molecule has 1 N–H and O–H groups in total. The molecule has 3 rings (SSSR count). The van der Waals surface area contributed by atoms with Gasteiger partial charge in [0.1, 0.15) is 18.1 Å². The molecule has 0 atom stereocenters. The van der Waals surface area contributed by atoms with Crippen molar-refractivity contribution in [1.82, 2.24) is 14.6 Å². The second-order valence-corrected chi connectivity index (χ2v) is 4.79. The first-order chi connectivity index (χ1) is 9.38. The van der Waals surface area contributed by atoms with E-state index in [1.165, 1.54) is 12.1 Å². The van der Waals surface area contributed by atoms with Crippen molar-refractivity contribution < 1.29 is 4.74 Å². The van der Waals surface area contributed by atoms with E-state index in [2.05, 4.69) is 26.9 Å². The maximum absolute atomic E-state index is 9.09. The Kier molecular flexibility index (Phi) is 3.44. The Labute approximate surface area is 115 Å². The number of hydrogen-bond acceptors (Lipinski definition) is 7. The zero-order chi connectivity index (χ0) is 13.1. The van der Waals surface area contributed by atoms with Gasteiger partial charge < -0.3 is 9.64 Å².